The van der Waals surface area contributed by atoms with Crippen molar-refractivity contribution in [3.05, 3.63) is 65.2 Å². The zero-order valence-electron chi connectivity index (χ0n) is 24.2. The fraction of sp³-hybridized carbons (Fsp3) is 0.548. The number of carbonyl (C=O) groups excluding carboxylic acids is 1. The molecule has 7 nitrogen and oxygen atoms in total. The van der Waals surface area contributed by atoms with Crippen LogP contribution in [0.25, 0.3) is 0 Å². The molecular weight excluding hydrogens is 480 g/mol. The number of nitrogens with one attached hydrogen (secondary N) is 1. The first-order valence-corrected chi connectivity index (χ1v) is 13.3. The summed E-state index contributed by atoms with van der Waals surface area (Å²) in [6, 6.07) is 13.9. The van der Waals surface area contributed by atoms with Crippen molar-refractivity contribution in [3.63, 3.8) is 0 Å². The number of ether oxygens (including phenoxy) is 2. The van der Waals surface area contributed by atoms with E-state index < -0.39 is 35.5 Å². The van der Waals surface area contributed by atoms with Crippen molar-refractivity contribution < 1.29 is 24.2 Å². The van der Waals surface area contributed by atoms with Gasteiger partial charge in [-0.2, -0.15) is 0 Å². The molecule has 3 rings (SSSR count). The van der Waals surface area contributed by atoms with Crippen molar-refractivity contribution in [3.8, 4) is 5.75 Å². The first-order valence-electron chi connectivity index (χ1n) is 13.3. The van der Waals surface area contributed by atoms with E-state index in [1.54, 1.807) is 21.0 Å². The molecule has 2 N–H and O–H groups in total. The second kappa shape index (κ2) is 11.4. The Kier molecular flexibility index (Phi) is 8.82. The number of carboxylic acid groups (broad SMARTS) is 1. The van der Waals surface area contributed by atoms with Gasteiger partial charge in [-0.25, -0.2) is 9.59 Å². The average Bonchev–Trinajstić information content (AvgIpc) is 3.18. The Labute approximate surface area is 227 Å². The fourth-order valence-electron chi connectivity index (χ4n) is 5.55. The van der Waals surface area contributed by atoms with Gasteiger partial charge in [-0.1, -0.05) is 84.0 Å². The fourth-order valence-corrected chi connectivity index (χ4v) is 5.55. The van der Waals surface area contributed by atoms with Crippen LogP contribution in [0.4, 0.5) is 4.79 Å². The molecule has 1 amide bonds. The highest BCUT2D eigenvalue weighted by molar-refractivity contribution is 5.82. The summed E-state index contributed by atoms with van der Waals surface area (Å²) in [6.45, 7) is 16.6. The summed E-state index contributed by atoms with van der Waals surface area (Å²) in [5, 5.41) is 14.2. The van der Waals surface area contributed by atoms with Gasteiger partial charge in [0.25, 0.3) is 0 Å². The van der Waals surface area contributed by atoms with Crippen LogP contribution in [-0.2, 0) is 21.5 Å². The Hall–Kier alpha value is -3.06. The van der Waals surface area contributed by atoms with Crippen molar-refractivity contribution in [1.82, 2.24) is 10.2 Å². The number of benzene rings is 2. The van der Waals surface area contributed by atoms with Crippen molar-refractivity contribution in [2.24, 2.45) is 11.3 Å². The van der Waals surface area contributed by atoms with Gasteiger partial charge in [-0.15, -0.1) is 0 Å². The molecule has 0 aliphatic carbocycles. The number of amides is 1. The van der Waals surface area contributed by atoms with Gasteiger partial charge in [-0.3, -0.25) is 4.90 Å². The van der Waals surface area contributed by atoms with E-state index in [-0.39, 0.29) is 17.6 Å². The van der Waals surface area contributed by atoms with Gasteiger partial charge in [0.1, 0.15) is 11.8 Å². The van der Waals surface area contributed by atoms with Crippen LogP contribution in [0.1, 0.15) is 78.1 Å². The van der Waals surface area contributed by atoms with Gasteiger partial charge in [-0.05, 0) is 41.9 Å². The maximum absolute atomic E-state index is 13.5. The van der Waals surface area contributed by atoms with E-state index in [0.717, 1.165) is 16.9 Å². The normalized spacial score (nSPS) is 22.0. The van der Waals surface area contributed by atoms with Crippen LogP contribution in [0.5, 0.6) is 5.75 Å². The summed E-state index contributed by atoms with van der Waals surface area (Å²) < 4.78 is 11.3. The Balaban J connectivity index is 2.14. The van der Waals surface area contributed by atoms with Crippen molar-refractivity contribution in [2.45, 2.75) is 91.6 Å². The zero-order chi connectivity index (χ0) is 28.4. The second-order valence-electron chi connectivity index (χ2n) is 12.6. The number of hydrogen-bond donors (Lipinski definition) is 2. The number of aliphatic carboxylic acids is 1. The number of methoxy groups -OCH3 is 1. The lowest BCUT2D eigenvalue weighted by molar-refractivity contribution is -0.144. The third-order valence-corrected chi connectivity index (χ3v) is 7.28. The van der Waals surface area contributed by atoms with Crippen molar-refractivity contribution >= 4 is 12.1 Å². The third-order valence-electron chi connectivity index (χ3n) is 7.28. The smallest absolute Gasteiger partial charge is 0.411 e. The number of carbonyl (C=O) groups is 2. The third kappa shape index (κ3) is 6.32. The largest absolute Gasteiger partial charge is 0.496 e. The molecule has 2 aromatic carbocycles. The number of rotatable bonds is 7. The molecule has 0 spiro atoms. The van der Waals surface area contributed by atoms with Crippen LogP contribution in [0.3, 0.4) is 0 Å². The van der Waals surface area contributed by atoms with Gasteiger partial charge in [0.2, 0.25) is 0 Å². The van der Waals surface area contributed by atoms with E-state index in [2.05, 4.69) is 38.2 Å². The van der Waals surface area contributed by atoms with Crippen LogP contribution in [0.15, 0.2) is 48.5 Å². The average molecular weight is 525 g/mol. The molecular formula is C31H44N2O5. The molecule has 1 saturated heterocycles. The topological polar surface area (TPSA) is 88.1 Å². The first-order chi connectivity index (χ1) is 17.7. The maximum atomic E-state index is 13.5. The van der Waals surface area contributed by atoms with E-state index in [4.69, 9.17) is 9.47 Å². The molecule has 0 bridgehead atoms. The quantitative estimate of drug-likeness (QED) is 0.450. The number of carboxylic acids is 1. The molecule has 38 heavy (non-hydrogen) atoms. The summed E-state index contributed by atoms with van der Waals surface area (Å²) >= 11 is 0. The Morgan fingerprint density at radius 3 is 2.16 bits per heavy atom. The summed E-state index contributed by atoms with van der Waals surface area (Å²) in [5.74, 6) is -0.678. The Morgan fingerprint density at radius 2 is 1.66 bits per heavy atom. The Morgan fingerprint density at radius 1 is 1.03 bits per heavy atom. The Bertz CT molecular complexity index is 1120. The molecule has 0 radical (unpaired) electrons. The monoisotopic (exact) mass is 524 g/mol. The number of hydrogen-bond acceptors (Lipinski definition) is 5. The van der Waals surface area contributed by atoms with E-state index >= 15 is 0 Å². The summed E-state index contributed by atoms with van der Waals surface area (Å²) in [7, 11) is 1.65. The summed E-state index contributed by atoms with van der Waals surface area (Å²) in [5.41, 5.74) is 2.55. The molecule has 1 aliphatic heterocycles. The molecule has 1 heterocycles. The van der Waals surface area contributed by atoms with Crippen molar-refractivity contribution in [2.75, 3.05) is 7.11 Å². The zero-order valence-corrected chi connectivity index (χ0v) is 24.2. The molecule has 0 aromatic heterocycles. The molecule has 0 saturated carbocycles. The standard InChI is InChI=1S/C31H44N2O5/c1-19(2)38-29(36)33-26(20-13-11-10-12-14-20)25(24(31(6,7)8)27(33)28(34)35)32-18-21-17-22(30(3,4)5)15-16-23(21)37-9/h10-17,19,24-27,32H,18H2,1-9H3,(H,34,35). The molecule has 4 atom stereocenters. The lowest BCUT2D eigenvalue weighted by atomic mass is 9.72. The highest BCUT2D eigenvalue weighted by atomic mass is 16.6. The van der Waals surface area contributed by atoms with Gasteiger partial charge in [0.05, 0.1) is 19.3 Å². The van der Waals surface area contributed by atoms with E-state index in [0.29, 0.717) is 6.54 Å². The van der Waals surface area contributed by atoms with Gasteiger partial charge in [0, 0.05) is 24.1 Å². The van der Waals surface area contributed by atoms with Crippen LogP contribution in [0.2, 0.25) is 0 Å². The minimum absolute atomic E-state index is 0.0410. The summed E-state index contributed by atoms with van der Waals surface area (Å²) in [4.78, 5) is 27.7. The van der Waals surface area contributed by atoms with E-state index in [9.17, 15) is 14.7 Å². The molecule has 7 heteroatoms. The molecule has 208 valence electrons. The number of likely N-dealkylation sites (tertiary alicyclic amines) is 1. The van der Waals surface area contributed by atoms with Gasteiger partial charge in [0.15, 0.2) is 0 Å². The summed E-state index contributed by atoms with van der Waals surface area (Å²) in [6.07, 6.45) is -0.995. The van der Waals surface area contributed by atoms with Crippen molar-refractivity contribution in [1.29, 1.82) is 0 Å². The predicted molar refractivity (Wildman–Crippen MR) is 149 cm³/mol. The predicted octanol–water partition coefficient (Wildman–Crippen LogP) is 6.17. The number of nitrogens with zero attached hydrogens (tertiary/aromatic N) is 1. The SMILES string of the molecule is COc1ccc(C(C)(C)C)cc1CNC1C(c2ccccc2)N(C(=O)OC(C)C)C(C(=O)O)C1C(C)(C)C. The van der Waals surface area contributed by atoms with Gasteiger partial charge < -0.3 is 19.9 Å². The highest BCUT2D eigenvalue weighted by Gasteiger charge is 2.58. The minimum atomic E-state index is -1.06. The molecule has 1 aliphatic rings. The molecule has 2 aromatic rings. The molecule has 4 unspecified atom stereocenters. The van der Waals surface area contributed by atoms with Gasteiger partial charge >= 0.3 is 12.1 Å². The van der Waals surface area contributed by atoms with Crippen LogP contribution >= 0.6 is 0 Å². The van der Waals surface area contributed by atoms with E-state index in [1.807, 2.05) is 57.2 Å². The lowest BCUT2D eigenvalue weighted by Gasteiger charge is -2.35. The van der Waals surface area contributed by atoms with Crippen LogP contribution in [-0.4, -0.2) is 47.4 Å². The second-order valence-corrected chi connectivity index (χ2v) is 12.6. The van der Waals surface area contributed by atoms with Crippen LogP contribution in [0, 0.1) is 11.3 Å². The lowest BCUT2D eigenvalue weighted by Crippen LogP contribution is -2.48. The minimum Gasteiger partial charge on any atom is -0.496 e. The molecule has 1 fully saturated rings. The van der Waals surface area contributed by atoms with Crippen LogP contribution < -0.4 is 10.1 Å². The maximum Gasteiger partial charge on any atom is 0.411 e. The first kappa shape index (κ1) is 29.5. The highest BCUT2D eigenvalue weighted by Crippen LogP contribution is 2.48. The van der Waals surface area contributed by atoms with E-state index in [1.165, 1.54) is 10.5 Å².